The van der Waals surface area contributed by atoms with Gasteiger partial charge in [0.25, 0.3) is 0 Å². The summed E-state index contributed by atoms with van der Waals surface area (Å²) >= 11 is 0. The molecule has 1 fully saturated rings. The summed E-state index contributed by atoms with van der Waals surface area (Å²) in [6.07, 6.45) is 3.75. The second-order valence-corrected chi connectivity index (χ2v) is 4.60. The van der Waals surface area contributed by atoms with Crippen molar-refractivity contribution in [3.8, 4) is 0 Å². The molecule has 1 aromatic heterocycles. The smallest absolute Gasteiger partial charge is 0.133 e. The van der Waals surface area contributed by atoms with Gasteiger partial charge >= 0.3 is 0 Å². The second-order valence-electron chi connectivity index (χ2n) is 4.60. The lowest BCUT2D eigenvalue weighted by molar-refractivity contribution is 0.145. The maximum absolute atomic E-state index is 9.78. The Bertz CT molecular complexity index is 309. The maximum Gasteiger partial charge on any atom is 0.133 e. The minimum absolute atomic E-state index is 0.541. The highest BCUT2D eigenvalue weighted by molar-refractivity contribution is 5.02. The first-order valence-electron chi connectivity index (χ1n) is 6.47. The van der Waals surface area contributed by atoms with Crippen LogP contribution in [0, 0.1) is 0 Å². The third kappa shape index (κ3) is 3.84. The highest BCUT2D eigenvalue weighted by atomic mass is 16.4. The lowest BCUT2D eigenvalue weighted by atomic mass is 10.3. The number of aliphatic hydroxyl groups is 1. The second kappa shape index (κ2) is 6.19. The molecule has 1 heterocycles. The van der Waals surface area contributed by atoms with E-state index in [1.54, 1.807) is 18.4 Å². The summed E-state index contributed by atoms with van der Waals surface area (Å²) in [6.45, 7) is 5.85. The van der Waals surface area contributed by atoms with E-state index in [1.807, 2.05) is 0 Å². The summed E-state index contributed by atoms with van der Waals surface area (Å²) in [5.41, 5.74) is 0. The van der Waals surface area contributed by atoms with Gasteiger partial charge in [-0.2, -0.15) is 0 Å². The largest absolute Gasteiger partial charge is 0.467 e. The molecule has 1 saturated carbocycles. The average Bonchev–Trinajstić information content (AvgIpc) is 3.03. The molecule has 0 aliphatic heterocycles. The van der Waals surface area contributed by atoms with Crippen molar-refractivity contribution < 1.29 is 9.52 Å². The van der Waals surface area contributed by atoms with E-state index in [9.17, 15) is 5.11 Å². The quantitative estimate of drug-likeness (QED) is 0.672. The van der Waals surface area contributed by atoms with Crippen LogP contribution >= 0.6 is 0 Å². The molecule has 1 aliphatic carbocycles. The minimum atomic E-state index is -0.541. The molecule has 17 heavy (non-hydrogen) atoms. The number of likely N-dealkylation sites (N-methyl/N-ethyl adjacent to an activating group) is 1. The van der Waals surface area contributed by atoms with E-state index in [2.05, 4.69) is 17.1 Å². The van der Waals surface area contributed by atoms with E-state index in [0.29, 0.717) is 12.3 Å². The van der Waals surface area contributed by atoms with Gasteiger partial charge in [-0.25, -0.2) is 0 Å². The van der Waals surface area contributed by atoms with Crippen LogP contribution in [-0.4, -0.2) is 42.2 Å². The Kier molecular flexibility index (Phi) is 4.59. The molecule has 4 heteroatoms. The Balaban J connectivity index is 1.59. The molecule has 1 aliphatic rings. The Morgan fingerprint density at radius 3 is 3.00 bits per heavy atom. The number of aliphatic hydroxyl groups excluding tert-OH is 1. The zero-order chi connectivity index (χ0) is 12.1. The van der Waals surface area contributed by atoms with Crippen molar-refractivity contribution in [3.63, 3.8) is 0 Å². The van der Waals surface area contributed by atoms with E-state index < -0.39 is 6.10 Å². The van der Waals surface area contributed by atoms with Gasteiger partial charge in [-0.15, -0.1) is 0 Å². The monoisotopic (exact) mass is 238 g/mol. The van der Waals surface area contributed by atoms with E-state index >= 15 is 0 Å². The minimum Gasteiger partial charge on any atom is -0.467 e. The van der Waals surface area contributed by atoms with Crippen LogP contribution in [0.3, 0.4) is 0 Å². The molecule has 0 amide bonds. The normalized spacial score (nSPS) is 17.6. The van der Waals surface area contributed by atoms with Crippen LogP contribution in [0.5, 0.6) is 0 Å². The van der Waals surface area contributed by atoms with Crippen molar-refractivity contribution in [2.45, 2.75) is 31.9 Å². The lowest BCUT2D eigenvalue weighted by Crippen LogP contribution is -2.35. The van der Waals surface area contributed by atoms with Crippen molar-refractivity contribution in [2.24, 2.45) is 0 Å². The molecule has 1 atom stereocenters. The molecule has 0 bridgehead atoms. The van der Waals surface area contributed by atoms with Crippen molar-refractivity contribution in [2.75, 3.05) is 26.2 Å². The van der Waals surface area contributed by atoms with Gasteiger partial charge in [0.15, 0.2) is 0 Å². The molecular formula is C13H22N2O2. The molecule has 0 radical (unpaired) electrons. The zero-order valence-corrected chi connectivity index (χ0v) is 10.4. The van der Waals surface area contributed by atoms with Crippen LogP contribution in [0.2, 0.25) is 0 Å². The third-order valence-corrected chi connectivity index (χ3v) is 3.25. The predicted octanol–water partition coefficient (Wildman–Crippen LogP) is 1.39. The first kappa shape index (κ1) is 12.6. The number of nitrogens with one attached hydrogen (secondary N) is 1. The Hall–Kier alpha value is -0.840. The molecule has 0 aromatic carbocycles. The van der Waals surface area contributed by atoms with Crippen LogP contribution < -0.4 is 5.32 Å². The van der Waals surface area contributed by atoms with Gasteiger partial charge in [-0.3, -0.25) is 4.90 Å². The number of rotatable bonds is 8. The summed E-state index contributed by atoms with van der Waals surface area (Å²) < 4.78 is 5.14. The topological polar surface area (TPSA) is 48.6 Å². The van der Waals surface area contributed by atoms with Gasteiger partial charge in [0.05, 0.1) is 6.26 Å². The van der Waals surface area contributed by atoms with Crippen molar-refractivity contribution in [1.29, 1.82) is 0 Å². The molecule has 2 rings (SSSR count). The van der Waals surface area contributed by atoms with Gasteiger partial charge in [0.1, 0.15) is 11.9 Å². The molecule has 0 saturated heterocycles. The van der Waals surface area contributed by atoms with Gasteiger partial charge < -0.3 is 14.8 Å². The summed E-state index contributed by atoms with van der Waals surface area (Å²) in [4.78, 5) is 2.49. The van der Waals surface area contributed by atoms with E-state index in [0.717, 1.165) is 25.7 Å². The third-order valence-electron chi connectivity index (χ3n) is 3.25. The average molecular weight is 238 g/mol. The van der Waals surface area contributed by atoms with E-state index in [-0.39, 0.29) is 0 Å². The van der Waals surface area contributed by atoms with Gasteiger partial charge in [0.2, 0.25) is 0 Å². The Morgan fingerprint density at radius 2 is 2.41 bits per heavy atom. The summed E-state index contributed by atoms with van der Waals surface area (Å²) in [7, 11) is 0. The number of furan rings is 1. The molecule has 1 aromatic rings. The summed E-state index contributed by atoms with van der Waals surface area (Å²) in [5.74, 6) is 0.632. The van der Waals surface area contributed by atoms with Crippen molar-refractivity contribution >= 4 is 0 Å². The number of nitrogens with zero attached hydrogens (tertiary/aromatic N) is 1. The van der Waals surface area contributed by atoms with Crippen molar-refractivity contribution in [1.82, 2.24) is 10.2 Å². The highest BCUT2D eigenvalue weighted by Gasteiger charge is 2.27. The summed E-state index contributed by atoms with van der Waals surface area (Å²) in [5, 5.41) is 13.1. The van der Waals surface area contributed by atoms with Crippen LogP contribution in [0.4, 0.5) is 0 Å². The highest BCUT2D eigenvalue weighted by Crippen LogP contribution is 2.25. The molecule has 96 valence electrons. The Labute approximate surface area is 103 Å². The molecule has 1 unspecified atom stereocenters. The standard InChI is InChI=1S/C13H22N2O2/c1-2-15(11-5-6-11)8-7-14-10-12(16)13-4-3-9-17-13/h3-4,9,11-12,14,16H,2,5-8,10H2,1H3. The fourth-order valence-electron chi connectivity index (χ4n) is 2.08. The zero-order valence-electron chi connectivity index (χ0n) is 10.4. The van der Waals surface area contributed by atoms with Gasteiger partial charge in [-0.1, -0.05) is 6.92 Å². The molecular weight excluding hydrogens is 216 g/mol. The van der Waals surface area contributed by atoms with Gasteiger partial charge in [-0.05, 0) is 31.5 Å². The molecule has 4 nitrogen and oxygen atoms in total. The Morgan fingerprint density at radius 1 is 1.59 bits per heavy atom. The van der Waals surface area contributed by atoms with Crippen molar-refractivity contribution in [3.05, 3.63) is 24.2 Å². The molecule has 0 spiro atoms. The predicted molar refractivity (Wildman–Crippen MR) is 66.8 cm³/mol. The molecule has 2 N–H and O–H groups in total. The SMILES string of the molecule is CCN(CCNCC(O)c1ccco1)C1CC1. The number of hydrogen-bond acceptors (Lipinski definition) is 4. The van der Waals surface area contributed by atoms with Crippen LogP contribution in [0.25, 0.3) is 0 Å². The van der Waals surface area contributed by atoms with Crippen LogP contribution in [0.1, 0.15) is 31.6 Å². The fraction of sp³-hybridized carbons (Fsp3) is 0.692. The maximum atomic E-state index is 9.78. The van der Waals surface area contributed by atoms with Gasteiger partial charge in [0, 0.05) is 25.7 Å². The van der Waals surface area contributed by atoms with Crippen LogP contribution in [-0.2, 0) is 0 Å². The number of hydrogen-bond donors (Lipinski definition) is 2. The summed E-state index contributed by atoms with van der Waals surface area (Å²) in [6, 6.07) is 4.41. The van der Waals surface area contributed by atoms with E-state index in [1.165, 1.54) is 12.8 Å². The fourth-order valence-corrected chi connectivity index (χ4v) is 2.08. The first-order chi connectivity index (χ1) is 8.31. The first-order valence-corrected chi connectivity index (χ1v) is 6.47. The van der Waals surface area contributed by atoms with Crippen LogP contribution in [0.15, 0.2) is 22.8 Å². The van der Waals surface area contributed by atoms with E-state index in [4.69, 9.17) is 4.42 Å². The lowest BCUT2D eigenvalue weighted by Gasteiger charge is -2.20.